The topological polar surface area (TPSA) is 101 Å². The van der Waals surface area contributed by atoms with Crippen molar-refractivity contribution in [3.05, 3.63) is 0 Å². The molecule has 0 aliphatic rings. The molecule has 7 heteroatoms. The van der Waals surface area contributed by atoms with Crippen molar-refractivity contribution in [2.24, 2.45) is 5.73 Å². The SMILES string of the molecule is CC(N)C(CCO)S(=O)(=O)O.[NaH]. The minimum absolute atomic E-state index is 0. The number of rotatable bonds is 4. The molecule has 2 atom stereocenters. The summed E-state index contributed by atoms with van der Waals surface area (Å²) < 4.78 is 29.6. The molecule has 0 amide bonds. The average Bonchev–Trinajstić information content (AvgIpc) is 1.79. The van der Waals surface area contributed by atoms with Gasteiger partial charge in [-0.3, -0.25) is 4.55 Å². The van der Waals surface area contributed by atoms with Crippen molar-refractivity contribution in [1.82, 2.24) is 0 Å². The van der Waals surface area contributed by atoms with E-state index < -0.39 is 21.4 Å². The molecule has 0 saturated heterocycles. The van der Waals surface area contributed by atoms with Gasteiger partial charge in [0.1, 0.15) is 5.25 Å². The van der Waals surface area contributed by atoms with E-state index in [4.69, 9.17) is 15.4 Å². The molecule has 0 aromatic heterocycles. The van der Waals surface area contributed by atoms with Crippen LogP contribution in [0.15, 0.2) is 0 Å². The van der Waals surface area contributed by atoms with E-state index in [0.717, 1.165) is 0 Å². The molecule has 0 bridgehead atoms. The fraction of sp³-hybridized carbons (Fsp3) is 1.00. The molecule has 12 heavy (non-hydrogen) atoms. The van der Waals surface area contributed by atoms with Gasteiger partial charge in [-0.15, -0.1) is 0 Å². The first kappa shape index (κ1) is 15.3. The van der Waals surface area contributed by atoms with Crippen LogP contribution in [-0.2, 0) is 10.1 Å². The fourth-order valence-corrected chi connectivity index (χ4v) is 1.76. The number of hydrogen-bond acceptors (Lipinski definition) is 4. The maximum atomic E-state index is 10.5. The summed E-state index contributed by atoms with van der Waals surface area (Å²) in [7, 11) is -4.11. The summed E-state index contributed by atoms with van der Waals surface area (Å²) >= 11 is 0. The van der Waals surface area contributed by atoms with Crippen LogP contribution >= 0.6 is 0 Å². The van der Waals surface area contributed by atoms with E-state index in [1.54, 1.807) is 0 Å². The Balaban J connectivity index is 0. The Labute approximate surface area is 94.4 Å². The van der Waals surface area contributed by atoms with Gasteiger partial charge in [-0.1, -0.05) is 0 Å². The van der Waals surface area contributed by atoms with Crippen molar-refractivity contribution in [3.8, 4) is 0 Å². The molecule has 0 saturated carbocycles. The van der Waals surface area contributed by atoms with Crippen molar-refractivity contribution >= 4 is 39.7 Å². The third kappa shape index (κ3) is 5.47. The summed E-state index contributed by atoms with van der Waals surface area (Å²) in [6, 6.07) is -0.669. The van der Waals surface area contributed by atoms with Gasteiger partial charge >= 0.3 is 29.6 Å². The second kappa shape index (κ2) is 6.31. The molecule has 0 rings (SSSR count). The van der Waals surface area contributed by atoms with Crippen LogP contribution in [0, 0.1) is 0 Å². The Morgan fingerprint density at radius 1 is 1.50 bits per heavy atom. The molecule has 0 heterocycles. The summed E-state index contributed by atoms with van der Waals surface area (Å²) in [6.07, 6.45) is -0.0312. The third-order valence-corrected chi connectivity index (χ3v) is 2.81. The molecular formula is C5H14NNaO4S. The van der Waals surface area contributed by atoms with Gasteiger partial charge in [-0.2, -0.15) is 8.42 Å². The zero-order valence-corrected chi connectivity index (χ0v) is 7.08. The molecule has 0 spiro atoms. The first-order chi connectivity index (χ1) is 4.89. The molecule has 0 fully saturated rings. The standard InChI is InChI=1S/C5H13NO4S.Na.H/c1-4(6)5(2-3-7)11(8,9)10;;/h4-5,7H,2-3,6H2,1H3,(H,8,9,10);;. The van der Waals surface area contributed by atoms with Crippen LogP contribution in [0.4, 0.5) is 0 Å². The fourth-order valence-electron chi connectivity index (χ4n) is 0.810. The van der Waals surface area contributed by atoms with Crippen LogP contribution in [-0.4, -0.2) is 65.5 Å². The average molecular weight is 207 g/mol. The monoisotopic (exact) mass is 207 g/mol. The first-order valence-corrected chi connectivity index (χ1v) is 4.72. The van der Waals surface area contributed by atoms with E-state index in [1.807, 2.05) is 0 Å². The summed E-state index contributed by atoms with van der Waals surface area (Å²) in [6.45, 7) is 1.17. The normalized spacial score (nSPS) is 16.3. The second-order valence-electron chi connectivity index (χ2n) is 2.42. The summed E-state index contributed by atoms with van der Waals surface area (Å²) in [5.41, 5.74) is 5.26. The van der Waals surface area contributed by atoms with Crippen LogP contribution in [0.5, 0.6) is 0 Å². The Morgan fingerprint density at radius 3 is 2.00 bits per heavy atom. The van der Waals surface area contributed by atoms with E-state index in [0.29, 0.717) is 0 Å². The molecular weight excluding hydrogens is 193 g/mol. The van der Waals surface area contributed by atoms with Gasteiger partial charge < -0.3 is 10.8 Å². The molecule has 2 unspecified atom stereocenters. The number of aliphatic hydroxyl groups excluding tert-OH is 1. The predicted octanol–water partition coefficient (Wildman–Crippen LogP) is -1.68. The molecule has 5 nitrogen and oxygen atoms in total. The zero-order chi connectivity index (χ0) is 9.07. The third-order valence-electron chi connectivity index (χ3n) is 1.38. The van der Waals surface area contributed by atoms with Gasteiger partial charge in [-0.05, 0) is 13.3 Å². The van der Waals surface area contributed by atoms with Gasteiger partial charge in [0, 0.05) is 12.6 Å². The quantitative estimate of drug-likeness (QED) is 0.378. The minimum atomic E-state index is -4.11. The van der Waals surface area contributed by atoms with Crippen molar-refractivity contribution in [1.29, 1.82) is 0 Å². The number of aliphatic hydroxyl groups is 1. The van der Waals surface area contributed by atoms with Gasteiger partial charge in [0.25, 0.3) is 10.1 Å². The molecule has 0 aliphatic carbocycles. The molecule has 0 radical (unpaired) electrons. The van der Waals surface area contributed by atoms with Crippen LogP contribution in [0.2, 0.25) is 0 Å². The number of nitrogens with two attached hydrogens (primary N) is 1. The molecule has 0 aromatic carbocycles. The van der Waals surface area contributed by atoms with Gasteiger partial charge in [0.2, 0.25) is 0 Å². The Kier molecular flexibility index (Phi) is 8.05. The van der Waals surface area contributed by atoms with Crippen LogP contribution in [0.1, 0.15) is 13.3 Å². The Bertz CT molecular complexity index is 203. The number of hydrogen-bond donors (Lipinski definition) is 3. The summed E-state index contributed by atoms with van der Waals surface area (Å²) in [5.74, 6) is 0. The van der Waals surface area contributed by atoms with E-state index >= 15 is 0 Å². The maximum absolute atomic E-state index is 10.5. The van der Waals surface area contributed by atoms with Crippen LogP contribution in [0.25, 0.3) is 0 Å². The predicted molar refractivity (Wildman–Crippen MR) is 47.8 cm³/mol. The Morgan fingerprint density at radius 2 is 1.92 bits per heavy atom. The van der Waals surface area contributed by atoms with Gasteiger partial charge in [0.05, 0.1) is 0 Å². The van der Waals surface area contributed by atoms with E-state index in [9.17, 15) is 8.42 Å². The van der Waals surface area contributed by atoms with Crippen LogP contribution < -0.4 is 5.73 Å². The van der Waals surface area contributed by atoms with Crippen molar-refractivity contribution < 1.29 is 18.1 Å². The van der Waals surface area contributed by atoms with Gasteiger partial charge in [-0.25, -0.2) is 0 Å². The van der Waals surface area contributed by atoms with Crippen LogP contribution in [0.3, 0.4) is 0 Å². The second-order valence-corrected chi connectivity index (χ2v) is 4.06. The van der Waals surface area contributed by atoms with Crippen molar-refractivity contribution in [2.75, 3.05) is 6.61 Å². The van der Waals surface area contributed by atoms with Crippen molar-refractivity contribution in [2.45, 2.75) is 24.6 Å². The van der Waals surface area contributed by atoms with E-state index in [1.165, 1.54) is 6.92 Å². The first-order valence-electron chi connectivity index (χ1n) is 3.22. The van der Waals surface area contributed by atoms with Crippen molar-refractivity contribution in [3.63, 3.8) is 0 Å². The molecule has 0 aliphatic heterocycles. The summed E-state index contributed by atoms with van der Waals surface area (Å²) in [4.78, 5) is 0. The molecule has 4 N–H and O–H groups in total. The van der Waals surface area contributed by atoms with E-state index in [-0.39, 0.29) is 42.6 Å². The Hall–Kier alpha value is 0.830. The molecule has 70 valence electrons. The van der Waals surface area contributed by atoms with E-state index in [2.05, 4.69) is 0 Å². The molecule has 0 aromatic rings. The van der Waals surface area contributed by atoms with Gasteiger partial charge in [0.15, 0.2) is 0 Å². The zero-order valence-electron chi connectivity index (χ0n) is 6.27. The summed E-state index contributed by atoms with van der Waals surface area (Å²) in [5, 5.41) is 7.36.